The van der Waals surface area contributed by atoms with E-state index in [-0.39, 0.29) is 5.91 Å². The maximum absolute atomic E-state index is 12.0. The van der Waals surface area contributed by atoms with E-state index in [9.17, 15) is 4.79 Å². The lowest BCUT2D eigenvalue weighted by Crippen LogP contribution is -2.19. The first kappa shape index (κ1) is 22.7. The summed E-state index contributed by atoms with van der Waals surface area (Å²) in [6.45, 7) is 0.453. The topological polar surface area (TPSA) is 59.9 Å². The van der Waals surface area contributed by atoms with Crippen molar-refractivity contribution in [1.82, 2.24) is 5.43 Å². The molecule has 0 aliphatic heterocycles. The van der Waals surface area contributed by atoms with Crippen molar-refractivity contribution in [3.05, 3.63) is 94.5 Å². The first-order valence-electron chi connectivity index (χ1n) is 9.63. The fourth-order valence-electron chi connectivity index (χ4n) is 2.67. The van der Waals surface area contributed by atoms with Crippen LogP contribution in [0, 0.1) is 0 Å². The van der Waals surface area contributed by atoms with Gasteiger partial charge in [-0.3, -0.25) is 4.79 Å². The van der Waals surface area contributed by atoms with Crippen molar-refractivity contribution in [2.75, 3.05) is 12.9 Å². The van der Waals surface area contributed by atoms with Gasteiger partial charge in [-0.1, -0.05) is 54.1 Å². The Bertz CT molecular complexity index is 1010. The van der Waals surface area contributed by atoms with Gasteiger partial charge < -0.3 is 9.47 Å². The summed E-state index contributed by atoms with van der Waals surface area (Å²) in [5, 5.41) is 4.73. The average molecular weight is 455 g/mol. The highest BCUT2D eigenvalue weighted by Crippen LogP contribution is 2.28. The van der Waals surface area contributed by atoms with Gasteiger partial charge in [0.2, 0.25) is 5.91 Å². The summed E-state index contributed by atoms with van der Waals surface area (Å²) in [6, 6.07) is 23.0. The molecule has 0 aromatic heterocycles. The van der Waals surface area contributed by atoms with E-state index >= 15 is 0 Å². The van der Waals surface area contributed by atoms with Crippen molar-refractivity contribution in [2.45, 2.75) is 12.4 Å². The molecule has 7 heteroatoms. The van der Waals surface area contributed by atoms with Crippen LogP contribution in [0.15, 0.2) is 77.9 Å². The standard InChI is InChI=1S/C24H23ClN2O3S/c1-29-23-13-20(9-12-22(23)30-15-18-5-3-2-4-6-18)14-26-27-24(28)17-31-16-19-7-10-21(25)11-8-19/h2-14H,15-17H2,1H3,(H,27,28)/b26-14-. The molecule has 1 amide bonds. The summed E-state index contributed by atoms with van der Waals surface area (Å²) < 4.78 is 11.3. The zero-order valence-electron chi connectivity index (χ0n) is 17.1. The second-order valence-electron chi connectivity index (χ2n) is 6.60. The predicted molar refractivity (Wildman–Crippen MR) is 127 cm³/mol. The van der Waals surface area contributed by atoms with Gasteiger partial charge >= 0.3 is 0 Å². The normalized spacial score (nSPS) is 10.8. The molecule has 5 nitrogen and oxygen atoms in total. The van der Waals surface area contributed by atoms with Crippen LogP contribution in [0.2, 0.25) is 5.02 Å². The number of thioether (sulfide) groups is 1. The van der Waals surface area contributed by atoms with Crippen molar-refractivity contribution in [3.8, 4) is 11.5 Å². The summed E-state index contributed by atoms with van der Waals surface area (Å²) in [6.07, 6.45) is 1.57. The van der Waals surface area contributed by atoms with Crippen LogP contribution < -0.4 is 14.9 Å². The van der Waals surface area contributed by atoms with Crippen molar-refractivity contribution < 1.29 is 14.3 Å². The number of hydrogen-bond acceptors (Lipinski definition) is 5. The number of amides is 1. The monoisotopic (exact) mass is 454 g/mol. The van der Waals surface area contributed by atoms with Crippen LogP contribution in [0.4, 0.5) is 0 Å². The van der Waals surface area contributed by atoms with E-state index in [1.165, 1.54) is 11.8 Å². The number of halogens is 1. The SMILES string of the molecule is COc1cc(/C=N\NC(=O)CSCc2ccc(Cl)cc2)ccc1OCc1ccccc1. The smallest absolute Gasteiger partial charge is 0.250 e. The van der Waals surface area contributed by atoms with Crippen molar-refractivity contribution in [1.29, 1.82) is 0 Å². The number of rotatable bonds is 10. The van der Waals surface area contributed by atoms with E-state index in [0.717, 1.165) is 22.4 Å². The van der Waals surface area contributed by atoms with Crippen molar-refractivity contribution in [2.24, 2.45) is 5.10 Å². The molecule has 0 bridgehead atoms. The molecule has 0 unspecified atom stereocenters. The Morgan fingerprint density at radius 1 is 1.03 bits per heavy atom. The molecular weight excluding hydrogens is 432 g/mol. The molecule has 0 aliphatic carbocycles. The van der Waals surface area contributed by atoms with Crippen LogP contribution in [0.5, 0.6) is 11.5 Å². The number of methoxy groups -OCH3 is 1. The summed E-state index contributed by atoms with van der Waals surface area (Å²) in [5.74, 6) is 2.13. The maximum atomic E-state index is 12.0. The Balaban J connectivity index is 1.46. The second kappa shape index (κ2) is 12.0. The summed E-state index contributed by atoms with van der Waals surface area (Å²) >= 11 is 7.38. The molecule has 0 atom stereocenters. The van der Waals surface area contributed by atoms with E-state index in [4.69, 9.17) is 21.1 Å². The Morgan fingerprint density at radius 2 is 1.81 bits per heavy atom. The third kappa shape index (κ3) is 7.66. The molecular formula is C24H23ClN2O3S. The molecule has 0 aliphatic rings. The molecule has 1 N–H and O–H groups in total. The van der Waals surface area contributed by atoms with E-state index in [2.05, 4.69) is 10.5 Å². The fraction of sp³-hybridized carbons (Fsp3) is 0.167. The molecule has 0 saturated heterocycles. The number of hydrazone groups is 1. The van der Waals surface area contributed by atoms with Crippen molar-refractivity contribution in [3.63, 3.8) is 0 Å². The Morgan fingerprint density at radius 3 is 2.55 bits per heavy atom. The highest BCUT2D eigenvalue weighted by atomic mass is 35.5. The lowest BCUT2D eigenvalue weighted by atomic mass is 10.2. The maximum Gasteiger partial charge on any atom is 0.250 e. The molecule has 0 saturated carbocycles. The van der Waals surface area contributed by atoms with Gasteiger partial charge in [-0.15, -0.1) is 11.8 Å². The fourth-order valence-corrected chi connectivity index (χ4v) is 3.58. The Kier molecular flexibility index (Phi) is 8.82. The first-order valence-corrected chi connectivity index (χ1v) is 11.2. The lowest BCUT2D eigenvalue weighted by molar-refractivity contribution is -0.118. The zero-order valence-corrected chi connectivity index (χ0v) is 18.7. The molecule has 0 heterocycles. The van der Waals surface area contributed by atoms with Gasteiger partial charge in [0.15, 0.2) is 11.5 Å². The minimum absolute atomic E-state index is 0.162. The number of benzene rings is 3. The molecule has 3 aromatic carbocycles. The second-order valence-corrected chi connectivity index (χ2v) is 8.02. The third-order valence-corrected chi connectivity index (χ3v) is 5.50. The van der Waals surface area contributed by atoms with Crippen LogP contribution in [0.25, 0.3) is 0 Å². The number of ether oxygens (including phenoxy) is 2. The number of nitrogens with one attached hydrogen (secondary N) is 1. The Hall–Kier alpha value is -2.96. The summed E-state index contributed by atoms with van der Waals surface area (Å²) in [7, 11) is 1.59. The molecule has 0 spiro atoms. The van der Waals surface area contributed by atoms with E-state index in [0.29, 0.717) is 28.9 Å². The third-order valence-electron chi connectivity index (χ3n) is 4.24. The van der Waals surface area contributed by atoms with Crippen molar-refractivity contribution >= 4 is 35.5 Å². The van der Waals surface area contributed by atoms with Gasteiger partial charge in [0, 0.05) is 10.8 Å². The van der Waals surface area contributed by atoms with E-state index < -0.39 is 0 Å². The average Bonchev–Trinajstić information content (AvgIpc) is 2.80. The Labute approximate surface area is 191 Å². The molecule has 0 radical (unpaired) electrons. The molecule has 3 rings (SSSR count). The largest absolute Gasteiger partial charge is 0.493 e. The molecule has 31 heavy (non-hydrogen) atoms. The quantitative estimate of drug-likeness (QED) is 0.333. The van der Waals surface area contributed by atoms with Gasteiger partial charge in [-0.25, -0.2) is 5.43 Å². The van der Waals surface area contributed by atoms with Crippen LogP contribution in [-0.4, -0.2) is 25.0 Å². The predicted octanol–water partition coefficient (Wildman–Crippen LogP) is 5.31. The highest BCUT2D eigenvalue weighted by molar-refractivity contribution is 7.99. The lowest BCUT2D eigenvalue weighted by Gasteiger charge is -2.11. The number of carbonyl (C=O) groups excluding carboxylic acids is 1. The molecule has 160 valence electrons. The van der Waals surface area contributed by atoms with Gasteiger partial charge in [0.05, 0.1) is 19.1 Å². The van der Waals surface area contributed by atoms with E-state index in [1.54, 1.807) is 13.3 Å². The van der Waals surface area contributed by atoms with Gasteiger partial charge in [-0.2, -0.15) is 5.10 Å². The first-order chi connectivity index (χ1) is 15.1. The van der Waals surface area contributed by atoms with Crippen LogP contribution >= 0.6 is 23.4 Å². The van der Waals surface area contributed by atoms with Gasteiger partial charge in [0.25, 0.3) is 0 Å². The summed E-state index contributed by atoms with van der Waals surface area (Å²) in [5.41, 5.74) is 5.53. The van der Waals surface area contributed by atoms with E-state index in [1.807, 2.05) is 72.8 Å². The van der Waals surface area contributed by atoms with Gasteiger partial charge in [0.1, 0.15) is 6.61 Å². The molecule has 0 fully saturated rings. The minimum Gasteiger partial charge on any atom is -0.493 e. The summed E-state index contributed by atoms with van der Waals surface area (Å²) in [4.78, 5) is 12.0. The number of carbonyl (C=O) groups is 1. The number of hydrogen-bond donors (Lipinski definition) is 1. The highest BCUT2D eigenvalue weighted by Gasteiger charge is 2.06. The van der Waals surface area contributed by atoms with Gasteiger partial charge in [-0.05, 0) is 47.0 Å². The van der Waals surface area contributed by atoms with Crippen LogP contribution in [-0.2, 0) is 17.2 Å². The zero-order chi connectivity index (χ0) is 21.9. The molecule has 3 aromatic rings. The minimum atomic E-state index is -0.162. The van der Waals surface area contributed by atoms with Crippen LogP contribution in [0.3, 0.4) is 0 Å². The van der Waals surface area contributed by atoms with Crippen LogP contribution in [0.1, 0.15) is 16.7 Å². The number of nitrogens with zero attached hydrogens (tertiary/aromatic N) is 1.